The highest BCUT2D eigenvalue weighted by Crippen LogP contribution is 2.03. The van der Waals surface area contributed by atoms with E-state index in [0.29, 0.717) is 31.2 Å². The molecule has 0 spiro atoms. The summed E-state index contributed by atoms with van der Waals surface area (Å²) < 4.78 is 4.92. The SMILES string of the molecule is COCCCNC(=O)c1cnc(NCc2ccncc2)nc1. The summed E-state index contributed by atoms with van der Waals surface area (Å²) in [6, 6.07) is 3.82. The van der Waals surface area contributed by atoms with Crippen molar-refractivity contribution in [2.45, 2.75) is 13.0 Å². The summed E-state index contributed by atoms with van der Waals surface area (Å²) in [6.07, 6.45) is 7.25. The van der Waals surface area contributed by atoms with E-state index in [-0.39, 0.29) is 5.91 Å². The number of amides is 1. The van der Waals surface area contributed by atoms with E-state index in [9.17, 15) is 4.79 Å². The predicted octanol–water partition coefficient (Wildman–Crippen LogP) is 1.25. The molecule has 0 fully saturated rings. The molecule has 0 aliphatic carbocycles. The first kappa shape index (κ1) is 15.8. The number of nitrogens with zero attached hydrogens (tertiary/aromatic N) is 3. The van der Waals surface area contributed by atoms with Gasteiger partial charge >= 0.3 is 0 Å². The Hall–Kier alpha value is -2.54. The molecule has 116 valence electrons. The van der Waals surface area contributed by atoms with Crippen LogP contribution >= 0.6 is 0 Å². The van der Waals surface area contributed by atoms with Crippen molar-refractivity contribution in [2.24, 2.45) is 0 Å². The molecule has 7 nitrogen and oxygen atoms in total. The number of pyridine rings is 1. The Morgan fingerprint density at radius 3 is 2.64 bits per heavy atom. The second-order valence-electron chi connectivity index (χ2n) is 4.61. The minimum Gasteiger partial charge on any atom is -0.385 e. The average Bonchev–Trinajstić information content (AvgIpc) is 2.58. The lowest BCUT2D eigenvalue weighted by Gasteiger charge is -2.06. The van der Waals surface area contributed by atoms with Gasteiger partial charge < -0.3 is 15.4 Å². The first-order chi connectivity index (χ1) is 10.8. The van der Waals surface area contributed by atoms with Gasteiger partial charge in [0.1, 0.15) is 0 Å². The van der Waals surface area contributed by atoms with Gasteiger partial charge in [-0.3, -0.25) is 9.78 Å². The fourth-order valence-corrected chi connectivity index (χ4v) is 1.74. The van der Waals surface area contributed by atoms with Crippen LogP contribution in [-0.4, -0.2) is 41.1 Å². The number of carbonyl (C=O) groups excluding carboxylic acids is 1. The van der Waals surface area contributed by atoms with Crippen LogP contribution in [0.25, 0.3) is 0 Å². The molecule has 0 atom stereocenters. The van der Waals surface area contributed by atoms with E-state index in [1.807, 2.05) is 12.1 Å². The molecule has 0 bridgehead atoms. The quantitative estimate of drug-likeness (QED) is 0.713. The smallest absolute Gasteiger partial charge is 0.254 e. The molecule has 0 aliphatic rings. The number of aromatic nitrogens is 3. The van der Waals surface area contributed by atoms with Crippen molar-refractivity contribution in [1.29, 1.82) is 0 Å². The number of rotatable bonds is 8. The van der Waals surface area contributed by atoms with Crippen molar-refractivity contribution in [3.05, 3.63) is 48.0 Å². The van der Waals surface area contributed by atoms with E-state index >= 15 is 0 Å². The standard InChI is InChI=1S/C15H19N5O2/c1-22-8-2-5-17-14(21)13-10-19-15(20-11-13)18-9-12-3-6-16-7-4-12/h3-4,6-7,10-11H,2,5,8-9H2,1H3,(H,17,21)(H,18,19,20). The maximum absolute atomic E-state index is 11.8. The fraction of sp³-hybridized carbons (Fsp3) is 0.333. The predicted molar refractivity (Wildman–Crippen MR) is 82.4 cm³/mol. The molecule has 2 heterocycles. The van der Waals surface area contributed by atoms with Gasteiger partial charge in [0.05, 0.1) is 5.56 Å². The van der Waals surface area contributed by atoms with Crippen LogP contribution in [0.4, 0.5) is 5.95 Å². The zero-order valence-corrected chi connectivity index (χ0v) is 12.5. The Labute approximate surface area is 129 Å². The highest BCUT2D eigenvalue weighted by atomic mass is 16.5. The number of nitrogens with one attached hydrogen (secondary N) is 2. The van der Waals surface area contributed by atoms with Crippen LogP contribution in [0.2, 0.25) is 0 Å². The maximum Gasteiger partial charge on any atom is 0.254 e. The third kappa shape index (κ3) is 5.10. The van der Waals surface area contributed by atoms with Gasteiger partial charge in [0.25, 0.3) is 5.91 Å². The minimum atomic E-state index is -0.184. The Morgan fingerprint density at radius 1 is 1.23 bits per heavy atom. The van der Waals surface area contributed by atoms with Crippen LogP contribution in [0, 0.1) is 0 Å². The molecular weight excluding hydrogens is 282 g/mol. The van der Waals surface area contributed by atoms with Gasteiger partial charge in [-0.1, -0.05) is 0 Å². The number of hydrogen-bond acceptors (Lipinski definition) is 6. The Bertz CT molecular complexity index is 574. The van der Waals surface area contributed by atoms with Crippen molar-refractivity contribution in [3.63, 3.8) is 0 Å². The molecule has 2 aromatic heterocycles. The normalized spacial score (nSPS) is 10.2. The van der Waals surface area contributed by atoms with Crippen LogP contribution < -0.4 is 10.6 Å². The Morgan fingerprint density at radius 2 is 1.95 bits per heavy atom. The van der Waals surface area contributed by atoms with Gasteiger partial charge in [0.2, 0.25) is 5.95 Å². The summed E-state index contributed by atoms with van der Waals surface area (Å²) in [5.74, 6) is 0.296. The lowest BCUT2D eigenvalue weighted by molar-refractivity contribution is 0.0948. The van der Waals surface area contributed by atoms with Crippen molar-refractivity contribution in [1.82, 2.24) is 20.3 Å². The Balaban J connectivity index is 1.81. The molecule has 1 amide bonds. The molecular formula is C15H19N5O2. The van der Waals surface area contributed by atoms with E-state index < -0.39 is 0 Å². The van der Waals surface area contributed by atoms with Gasteiger partial charge in [-0.2, -0.15) is 0 Å². The van der Waals surface area contributed by atoms with E-state index in [1.165, 1.54) is 12.4 Å². The lowest BCUT2D eigenvalue weighted by atomic mass is 10.3. The highest BCUT2D eigenvalue weighted by molar-refractivity contribution is 5.93. The van der Waals surface area contributed by atoms with Crippen molar-refractivity contribution >= 4 is 11.9 Å². The van der Waals surface area contributed by atoms with Gasteiger partial charge in [0, 0.05) is 51.6 Å². The summed E-state index contributed by atoms with van der Waals surface area (Å²) >= 11 is 0. The second-order valence-corrected chi connectivity index (χ2v) is 4.61. The minimum absolute atomic E-state index is 0.184. The van der Waals surface area contributed by atoms with Crippen molar-refractivity contribution in [2.75, 3.05) is 25.6 Å². The summed E-state index contributed by atoms with van der Waals surface area (Å²) in [5.41, 5.74) is 1.52. The maximum atomic E-state index is 11.8. The molecule has 2 rings (SSSR count). The molecule has 0 aromatic carbocycles. The van der Waals surface area contributed by atoms with Crippen LogP contribution in [0.3, 0.4) is 0 Å². The zero-order valence-electron chi connectivity index (χ0n) is 12.5. The molecule has 2 N–H and O–H groups in total. The van der Waals surface area contributed by atoms with Gasteiger partial charge in [-0.05, 0) is 24.1 Å². The van der Waals surface area contributed by atoms with E-state index in [2.05, 4.69) is 25.6 Å². The first-order valence-corrected chi connectivity index (χ1v) is 7.01. The topological polar surface area (TPSA) is 89.0 Å². The number of carbonyl (C=O) groups is 1. The van der Waals surface area contributed by atoms with Gasteiger partial charge in [-0.15, -0.1) is 0 Å². The number of anilines is 1. The molecule has 2 aromatic rings. The van der Waals surface area contributed by atoms with Crippen LogP contribution in [0.1, 0.15) is 22.3 Å². The Kier molecular flexibility index (Phi) is 6.25. The monoisotopic (exact) mass is 301 g/mol. The highest BCUT2D eigenvalue weighted by Gasteiger charge is 2.06. The number of ether oxygens (including phenoxy) is 1. The molecule has 0 saturated heterocycles. The van der Waals surface area contributed by atoms with E-state index in [4.69, 9.17) is 4.74 Å². The molecule has 0 aliphatic heterocycles. The molecule has 0 unspecified atom stereocenters. The van der Waals surface area contributed by atoms with Crippen LogP contribution in [0.5, 0.6) is 0 Å². The van der Waals surface area contributed by atoms with Gasteiger partial charge in [-0.25, -0.2) is 9.97 Å². The van der Waals surface area contributed by atoms with Crippen LogP contribution in [-0.2, 0) is 11.3 Å². The van der Waals surface area contributed by atoms with Crippen LogP contribution in [0.15, 0.2) is 36.9 Å². The summed E-state index contributed by atoms with van der Waals surface area (Å²) in [4.78, 5) is 24.1. The molecule has 0 radical (unpaired) electrons. The number of hydrogen-bond donors (Lipinski definition) is 2. The second kappa shape index (κ2) is 8.68. The number of methoxy groups -OCH3 is 1. The van der Waals surface area contributed by atoms with E-state index in [0.717, 1.165) is 12.0 Å². The van der Waals surface area contributed by atoms with Gasteiger partial charge in [0.15, 0.2) is 0 Å². The summed E-state index contributed by atoms with van der Waals surface area (Å²) in [7, 11) is 1.63. The fourth-order valence-electron chi connectivity index (χ4n) is 1.74. The summed E-state index contributed by atoms with van der Waals surface area (Å²) in [5, 5.41) is 5.87. The molecule has 0 saturated carbocycles. The largest absolute Gasteiger partial charge is 0.385 e. The lowest BCUT2D eigenvalue weighted by Crippen LogP contribution is -2.25. The molecule has 22 heavy (non-hydrogen) atoms. The first-order valence-electron chi connectivity index (χ1n) is 7.01. The summed E-state index contributed by atoms with van der Waals surface area (Å²) in [6.45, 7) is 1.79. The third-order valence-corrected chi connectivity index (χ3v) is 2.92. The third-order valence-electron chi connectivity index (χ3n) is 2.92. The van der Waals surface area contributed by atoms with Crippen molar-refractivity contribution < 1.29 is 9.53 Å². The zero-order chi connectivity index (χ0) is 15.6. The van der Waals surface area contributed by atoms with E-state index in [1.54, 1.807) is 19.5 Å². The molecule has 7 heteroatoms. The average molecular weight is 301 g/mol. The van der Waals surface area contributed by atoms with Crippen molar-refractivity contribution in [3.8, 4) is 0 Å².